The Morgan fingerprint density at radius 2 is 1.65 bits per heavy atom. The third-order valence-electron chi connectivity index (χ3n) is 3.60. The second-order valence-corrected chi connectivity index (χ2v) is 6.25. The second kappa shape index (κ2) is 5.71. The normalized spacial score (nSPS) is 10.9. The summed E-state index contributed by atoms with van der Waals surface area (Å²) < 4.78 is 1.18. The van der Waals surface area contributed by atoms with Crippen LogP contribution < -0.4 is 0 Å². The molecule has 3 rings (SSSR count). The minimum absolute atomic E-state index is 0.859. The Hall–Kier alpha value is -1.12. The van der Waals surface area contributed by atoms with Gasteiger partial charge < -0.3 is 0 Å². The third-order valence-corrected chi connectivity index (χ3v) is 5.22. The molecule has 3 aromatic rings. The van der Waals surface area contributed by atoms with Crippen molar-refractivity contribution in [2.75, 3.05) is 0 Å². The van der Waals surface area contributed by atoms with Gasteiger partial charge >= 0.3 is 0 Å². The molecule has 0 amide bonds. The number of benzene rings is 3. The fourth-order valence-corrected chi connectivity index (χ4v) is 3.64. The number of rotatable bonds is 2. The maximum atomic E-state index is 3.79. The predicted molar refractivity (Wildman–Crippen MR) is 94.5 cm³/mol. The third kappa shape index (κ3) is 2.32. The molecule has 0 atom stereocenters. The smallest absolute Gasteiger partial charge is 0.0289 e. The van der Waals surface area contributed by atoms with Crippen LogP contribution in [0.1, 0.15) is 11.1 Å². The van der Waals surface area contributed by atoms with Crippen LogP contribution >= 0.6 is 31.9 Å². The summed E-state index contributed by atoms with van der Waals surface area (Å²) in [5, 5.41) is 3.43. The molecule has 0 spiro atoms. The SMILES string of the molecule is Cc1cc2ccccc2c(-c2ccccc2CBr)c1Br. The van der Waals surface area contributed by atoms with Crippen LogP contribution in [0.15, 0.2) is 59.1 Å². The first-order valence-corrected chi connectivity index (χ1v) is 8.46. The van der Waals surface area contributed by atoms with Crippen LogP contribution in [0, 0.1) is 6.92 Å². The Bertz CT molecular complexity index is 775. The zero-order valence-corrected chi connectivity index (χ0v) is 14.3. The molecule has 0 aromatic heterocycles. The number of aryl methyl sites for hydroxylation is 1. The van der Waals surface area contributed by atoms with Gasteiger partial charge in [0.15, 0.2) is 0 Å². The Morgan fingerprint density at radius 3 is 2.45 bits per heavy atom. The Kier molecular flexibility index (Phi) is 3.95. The van der Waals surface area contributed by atoms with E-state index in [1.54, 1.807) is 0 Å². The largest absolute Gasteiger partial charge is 0.0876 e. The Morgan fingerprint density at radius 1 is 0.950 bits per heavy atom. The summed E-state index contributed by atoms with van der Waals surface area (Å²) in [7, 11) is 0. The lowest BCUT2D eigenvalue weighted by Gasteiger charge is -2.15. The maximum absolute atomic E-state index is 3.79. The summed E-state index contributed by atoms with van der Waals surface area (Å²) in [5.41, 5.74) is 5.15. The van der Waals surface area contributed by atoms with Gasteiger partial charge in [-0.05, 0) is 50.3 Å². The molecule has 0 unspecified atom stereocenters. The van der Waals surface area contributed by atoms with E-state index in [4.69, 9.17) is 0 Å². The first kappa shape index (κ1) is 13.8. The highest BCUT2D eigenvalue weighted by Crippen LogP contribution is 2.39. The first-order valence-electron chi connectivity index (χ1n) is 6.54. The molecular formula is C18H14Br2. The summed E-state index contributed by atoms with van der Waals surface area (Å²) in [5.74, 6) is 0. The lowest BCUT2D eigenvalue weighted by molar-refractivity contribution is 1.40. The van der Waals surface area contributed by atoms with E-state index in [-0.39, 0.29) is 0 Å². The monoisotopic (exact) mass is 388 g/mol. The molecular weight excluding hydrogens is 376 g/mol. The summed E-state index contributed by atoms with van der Waals surface area (Å²) in [4.78, 5) is 0. The van der Waals surface area contributed by atoms with Gasteiger partial charge in [0.25, 0.3) is 0 Å². The molecule has 0 aliphatic rings. The molecule has 0 heterocycles. The zero-order chi connectivity index (χ0) is 14.1. The van der Waals surface area contributed by atoms with E-state index >= 15 is 0 Å². The zero-order valence-electron chi connectivity index (χ0n) is 11.2. The van der Waals surface area contributed by atoms with Gasteiger partial charge in [0.2, 0.25) is 0 Å². The van der Waals surface area contributed by atoms with Crippen molar-refractivity contribution in [1.29, 1.82) is 0 Å². The molecule has 2 heteroatoms. The van der Waals surface area contributed by atoms with Gasteiger partial charge in [-0.25, -0.2) is 0 Å². The summed E-state index contributed by atoms with van der Waals surface area (Å²) in [6.07, 6.45) is 0. The quantitative estimate of drug-likeness (QED) is 0.440. The number of hydrogen-bond acceptors (Lipinski definition) is 0. The van der Waals surface area contributed by atoms with Crippen molar-refractivity contribution in [1.82, 2.24) is 0 Å². The lowest BCUT2D eigenvalue weighted by atomic mass is 9.93. The highest BCUT2D eigenvalue weighted by Gasteiger charge is 2.13. The van der Waals surface area contributed by atoms with Gasteiger partial charge in [-0.3, -0.25) is 0 Å². The van der Waals surface area contributed by atoms with Crippen molar-refractivity contribution in [3.63, 3.8) is 0 Å². The van der Waals surface area contributed by atoms with E-state index in [0.717, 1.165) is 5.33 Å². The average Bonchev–Trinajstić information content (AvgIpc) is 2.49. The van der Waals surface area contributed by atoms with E-state index in [0.29, 0.717) is 0 Å². The molecule has 0 fully saturated rings. The number of alkyl halides is 1. The predicted octanol–water partition coefficient (Wildman–Crippen LogP) is 6.47. The topological polar surface area (TPSA) is 0 Å². The van der Waals surface area contributed by atoms with Gasteiger partial charge in [-0.2, -0.15) is 0 Å². The van der Waals surface area contributed by atoms with Gasteiger partial charge in [-0.1, -0.05) is 70.5 Å². The van der Waals surface area contributed by atoms with Crippen LogP contribution in [0.3, 0.4) is 0 Å². The van der Waals surface area contributed by atoms with Gasteiger partial charge in [-0.15, -0.1) is 0 Å². The van der Waals surface area contributed by atoms with Crippen molar-refractivity contribution in [3.8, 4) is 11.1 Å². The fourth-order valence-electron chi connectivity index (χ4n) is 2.61. The minimum Gasteiger partial charge on any atom is -0.0876 e. The van der Waals surface area contributed by atoms with E-state index in [1.165, 1.54) is 37.5 Å². The lowest BCUT2D eigenvalue weighted by Crippen LogP contribution is -1.91. The maximum Gasteiger partial charge on any atom is 0.0289 e. The molecule has 0 nitrogen and oxygen atoms in total. The second-order valence-electron chi connectivity index (χ2n) is 4.89. The van der Waals surface area contributed by atoms with Crippen molar-refractivity contribution < 1.29 is 0 Å². The number of fused-ring (bicyclic) bond motifs is 1. The van der Waals surface area contributed by atoms with Crippen LogP contribution in [0.5, 0.6) is 0 Å². The number of hydrogen-bond donors (Lipinski definition) is 0. The van der Waals surface area contributed by atoms with Crippen molar-refractivity contribution in [3.05, 3.63) is 70.2 Å². The minimum atomic E-state index is 0.859. The van der Waals surface area contributed by atoms with E-state index < -0.39 is 0 Å². The summed E-state index contributed by atoms with van der Waals surface area (Å²) >= 11 is 7.38. The van der Waals surface area contributed by atoms with Crippen LogP contribution in [-0.4, -0.2) is 0 Å². The highest BCUT2D eigenvalue weighted by molar-refractivity contribution is 9.10. The Balaban J connectivity index is 2.43. The van der Waals surface area contributed by atoms with Crippen LogP contribution in [0.4, 0.5) is 0 Å². The highest BCUT2D eigenvalue weighted by atomic mass is 79.9. The fraction of sp³-hybridized carbons (Fsp3) is 0.111. The van der Waals surface area contributed by atoms with Crippen LogP contribution in [-0.2, 0) is 5.33 Å². The van der Waals surface area contributed by atoms with Crippen LogP contribution in [0.25, 0.3) is 21.9 Å². The standard InChI is InChI=1S/C18H14Br2/c1-12-10-13-6-2-4-8-15(13)17(18(12)20)16-9-5-3-7-14(16)11-19/h2-10H,11H2,1H3. The molecule has 100 valence electrons. The van der Waals surface area contributed by atoms with Crippen molar-refractivity contribution >= 4 is 42.6 Å². The molecule has 0 aliphatic carbocycles. The van der Waals surface area contributed by atoms with Crippen LogP contribution in [0.2, 0.25) is 0 Å². The molecule has 0 saturated carbocycles. The molecule has 3 aromatic carbocycles. The number of halogens is 2. The first-order chi connectivity index (χ1) is 9.72. The average molecular weight is 390 g/mol. The van der Waals surface area contributed by atoms with Gasteiger partial charge in [0.1, 0.15) is 0 Å². The molecule has 0 bridgehead atoms. The van der Waals surface area contributed by atoms with Gasteiger partial charge in [0, 0.05) is 15.4 Å². The molecule has 0 aliphatic heterocycles. The van der Waals surface area contributed by atoms with E-state index in [1.807, 2.05) is 0 Å². The van der Waals surface area contributed by atoms with Crippen molar-refractivity contribution in [2.24, 2.45) is 0 Å². The Labute approximate surface area is 136 Å². The van der Waals surface area contributed by atoms with E-state index in [9.17, 15) is 0 Å². The van der Waals surface area contributed by atoms with Gasteiger partial charge in [0.05, 0.1) is 0 Å². The summed E-state index contributed by atoms with van der Waals surface area (Å²) in [6, 6.07) is 19.4. The molecule has 20 heavy (non-hydrogen) atoms. The molecule has 0 saturated heterocycles. The van der Waals surface area contributed by atoms with Crippen molar-refractivity contribution in [2.45, 2.75) is 12.3 Å². The molecule has 0 N–H and O–H groups in total. The van der Waals surface area contributed by atoms with E-state index in [2.05, 4.69) is 93.4 Å². The summed E-state index contributed by atoms with van der Waals surface area (Å²) in [6.45, 7) is 2.15. The molecule has 0 radical (unpaired) electrons.